The van der Waals surface area contributed by atoms with Gasteiger partial charge < -0.3 is 4.42 Å². The molecule has 0 unspecified atom stereocenters. The van der Waals surface area contributed by atoms with E-state index in [0.29, 0.717) is 51.1 Å². The highest BCUT2D eigenvalue weighted by Gasteiger charge is 2.29. The highest BCUT2D eigenvalue weighted by molar-refractivity contribution is 7.98. The first-order valence-corrected chi connectivity index (χ1v) is 9.28. The van der Waals surface area contributed by atoms with E-state index in [-0.39, 0.29) is 5.56 Å². The number of hydrogen-bond donors (Lipinski definition) is 0. The van der Waals surface area contributed by atoms with Crippen molar-refractivity contribution in [2.75, 3.05) is 0 Å². The van der Waals surface area contributed by atoms with E-state index in [9.17, 15) is 4.79 Å². The van der Waals surface area contributed by atoms with Crippen LogP contribution in [0, 0.1) is 0 Å². The van der Waals surface area contributed by atoms with Crippen LogP contribution in [0.2, 0.25) is 5.02 Å². The Morgan fingerprint density at radius 3 is 3.00 bits per heavy atom. The van der Waals surface area contributed by atoms with Gasteiger partial charge in [0.25, 0.3) is 5.56 Å². The van der Waals surface area contributed by atoms with Crippen molar-refractivity contribution >= 4 is 34.3 Å². The lowest BCUT2D eigenvalue weighted by molar-refractivity contribution is 0.466. The first kappa shape index (κ1) is 16.4. The van der Waals surface area contributed by atoms with Gasteiger partial charge in [0.1, 0.15) is 0 Å². The standard InChI is InChI=1S/C17H15ClN4O2S/c1-2-7-22-16(23)12-6-5-11(18)8-13(12)19-17(22)25-9-14-20-21-15(24-14)10-3-4-10/h2,5-6,8,10H,1,3-4,7,9H2. The van der Waals surface area contributed by atoms with E-state index in [1.54, 1.807) is 28.8 Å². The highest BCUT2D eigenvalue weighted by Crippen LogP contribution is 2.39. The molecule has 1 saturated carbocycles. The fourth-order valence-corrected chi connectivity index (χ4v) is 3.53. The van der Waals surface area contributed by atoms with Gasteiger partial charge >= 0.3 is 0 Å². The molecule has 1 aliphatic carbocycles. The monoisotopic (exact) mass is 374 g/mol. The van der Waals surface area contributed by atoms with E-state index in [2.05, 4.69) is 21.8 Å². The van der Waals surface area contributed by atoms with Crippen molar-refractivity contribution < 1.29 is 4.42 Å². The normalized spacial score (nSPS) is 14.1. The third-order valence-electron chi connectivity index (χ3n) is 3.93. The number of thioether (sulfide) groups is 1. The van der Waals surface area contributed by atoms with Gasteiger partial charge in [-0.2, -0.15) is 0 Å². The Morgan fingerprint density at radius 2 is 2.24 bits per heavy atom. The number of aromatic nitrogens is 4. The molecule has 2 aromatic heterocycles. The average Bonchev–Trinajstić information content (AvgIpc) is 3.34. The van der Waals surface area contributed by atoms with E-state index in [0.717, 1.165) is 12.8 Å². The minimum Gasteiger partial charge on any atom is -0.424 e. The second-order valence-corrected chi connectivity index (χ2v) is 7.24. The molecule has 0 bridgehead atoms. The number of nitrogens with zero attached hydrogens (tertiary/aromatic N) is 4. The van der Waals surface area contributed by atoms with Crippen molar-refractivity contribution in [3.8, 4) is 0 Å². The topological polar surface area (TPSA) is 73.8 Å². The molecule has 1 aromatic carbocycles. The molecule has 3 aromatic rings. The minimum atomic E-state index is -0.117. The van der Waals surface area contributed by atoms with Gasteiger partial charge in [0.2, 0.25) is 11.8 Å². The Hall–Kier alpha value is -2.12. The van der Waals surface area contributed by atoms with Crippen molar-refractivity contribution in [1.82, 2.24) is 19.7 Å². The Labute approximate surface area is 152 Å². The summed E-state index contributed by atoms with van der Waals surface area (Å²) in [4.78, 5) is 17.3. The summed E-state index contributed by atoms with van der Waals surface area (Å²) in [6.07, 6.45) is 3.90. The van der Waals surface area contributed by atoms with Crippen LogP contribution in [0.25, 0.3) is 10.9 Å². The fourth-order valence-electron chi connectivity index (χ4n) is 2.52. The molecule has 0 N–H and O–H groups in total. The zero-order valence-corrected chi connectivity index (χ0v) is 14.9. The lowest BCUT2D eigenvalue weighted by Crippen LogP contribution is -2.22. The molecule has 8 heteroatoms. The molecule has 2 heterocycles. The lowest BCUT2D eigenvalue weighted by atomic mass is 10.2. The molecule has 1 fully saturated rings. The lowest BCUT2D eigenvalue weighted by Gasteiger charge is -2.10. The number of benzene rings is 1. The van der Waals surface area contributed by atoms with Gasteiger partial charge in [-0.15, -0.1) is 16.8 Å². The number of rotatable bonds is 6. The van der Waals surface area contributed by atoms with E-state index in [1.165, 1.54) is 11.8 Å². The van der Waals surface area contributed by atoms with Crippen molar-refractivity contribution in [2.45, 2.75) is 36.2 Å². The summed E-state index contributed by atoms with van der Waals surface area (Å²) in [6, 6.07) is 5.08. The SMILES string of the molecule is C=CCn1c(SCc2nnc(C3CC3)o2)nc2cc(Cl)ccc2c1=O. The molecule has 0 aliphatic heterocycles. The van der Waals surface area contributed by atoms with Gasteiger partial charge in [-0.05, 0) is 31.0 Å². The summed E-state index contributed by atoms with van der Waals surface area (Å²) in [6.45, 7) is 4.10. The smallest absolute Gasteiger partial charge is 0.262 e. The quantitative estimate of drug-likeness (QED) is 0.371. The Morgan fingerprint density at radius 1 is 1.40 bits per heavy atom. The maximum atomic E-state index is 12.7. The molecule has 1 aliphatic rings. The molecule has 0 radical (unpaired) electrons. The first-order chi connectivity index (χ1) is 12.2. The molecule has 6 nitrogen and oxygen atoms in total. The van der Waals surface area contributed by atoms with Crippen LogP contribution < -0.4 is 5.56 Å². The van der Waals surface area contributed by atoms with Gasteiger partial charge in [-0.3, -0.25) is 9.36 Å². The maximum absolute atomic E-state index is 12.7. The van der Waals surface area contributed by atoms with Crippen LogP contribution in [0.5, 0.6) is 0 Å². The van der Waals surface area contributed by atoms with Gasteiger partial charge in [-0.1, -0.05) is 29.4 Å². The Balaban J connectivity index is 1.67. The summed E-state index contributed by atoms with van der Waals surface area (Å²) in [5, 5.41) is 9.80. The highest BCUT2D eigenvalue weighted by atomic mass is 35.5. The first-order valence-electron chi connectivity index (χ1n) is 7.92. The number of halogens is 1. The average molecular weight is 375 g/mol. The molecule has 0 atom stereocenters. The van der Waals surface area contributed by atoms with Gasteiger partial charge in [0.15, 0.2) is 5.16 Å². The van der Waals surface area contributed by atoms with Crippen LogP contribution in [-0.4, -0.2) is 19.7 Å². The maximum Gasteiger partial charge on any atom is 0.262 e. The molecular weight excluding hydrogens is 360 g/mol. The Kier molecular flexibility index (Phi) is 4.35. The van der Waals surface area contributed by atoms with E-state index in [1.807, 2.05) is 0 Å². The van der Waals surface area contributed by atoms with Gasteiger partial charge in [0.05, 0.1) is 16.7 Å². The van der Waals surface area contributed by atoms with Crippen LogP contribution in [0.4, 0.5) is 0 Å². The fraction of sp³-hybridized carbons (Fsp3) is 0.294. The zero-order chi connectivity index (χ0) is 17.4. The van der Waals surface area contributed by atoms with Crippen molar-refractivity contribution in [3.05, 3.63) is 58.0 Å². The van der Waals surface area contributed by atoms with E-state index < -0.39 is 0 Å². The predicted octanol–water partition coefficient (Wildman–Crippen LogP) is 3.79. The number of hydrogen-bond acceptors (Lipinski definition) is 6. The van der Waals surface area contributed by atoms with E-state index >= 15 is 0 Å². The van der Waals surface area contributed by atoms with Gasteiger partial charge in [-0.25, -0.2) is 4.98 Å². The third-order valence-corrected chi connectivity index (χ3v) is 5.12. The Bertz CT molecular complexity index is 1010. The van der Waals surface area contributed by atoms with Crippen LogP contribution in [0.1, 0.15) is 30.5 Å². The molecule has 0 saturated heterocycles. The second-order valence-electron chi connectivity index (χ2n) is 5.86. The van der Waals surface area contributed by atoms with Crippen LogP contribution in [0.3, 0.4) is 0 Å². The van der Waals surface area contributed by atoms with Crippen LogP contribution in [-0.2, 0) is 12.3 Å². The zero-order valence-electron chi connectivity index (χ0n) is 13.3. The van der Waals surface area contributed by atoms with Crippen molar-refractivity contribution in [3.63, 3.8) is 0 Å². The minimum absolute atomic E-state index is 0.117. The van der Waals surface area contributed by atoms with Crippen molar-refractivity contribution in [1.29, 1.82) is 0 Å². The van der Waals surface area contributed by atoms with Crippen molar-refractivity contribution in [2.24, 2.45) is 0 Å². The number of fused-ring (bicyclic) bond motifs is 1. The molecule has 4 rings (SSSR count). The van der Waals surface area contributed by atoms with Crippen LogP contribution in [0.15, 0.2) is 45.2 Å². The van der Waals surface area contributed by atoms with Crippen LogP contribution >= 0.6 is 23.4 Å². The summed E-state index contributed by atoms with van der Waals surface area (Å²) in [5.74, 6) is 2.12. The third kappa shape index (κ3) is 3.34. The molecular formula is C17H15ClN4O2S. The molecule has 25 heavy (non-hydrogen) atoms. The molecule has 0 spiro atoms. The van der Waals surface area contributed by atoms with E-state index in [4.69, 9.17) is 16.0 Å². The van der Waals surface area contributed by atoms with Gasteiger partial charge in [0, 0.05) is 17.5 Å². The second kappa shape index (κ2) is 6.65. The molecule has 128 valence electrons. The molecule has 0 amide bonds. The predicted molar refractivity (Wildman–Crippen MR) is 97.0 cm³/mol. The summed E-state index contributed by atoms with van der Waals surface area (Å²) in [7, 11) is 0. The number of allylic oxidation sites excluding steroid dienone is 1. The summed E-state index contributed by atoms with van der Waals surface area (Å²) >= 11 is 7.42. The summed E-state index contributed by atoms with van der Waals surface area (Å²) < 4.78 is 7.26. The largest absolute Gasteiger partial charge is 0.424 e. The summed E-state index contributed by atoms with van der Waals surface area (Å²) in [5.41, 5.74) is 0.456.